The van der Waals surface area contributed by atoms with Gasteiger partial charge in [0.2, 0.25) is 0 Å². The van der Waals surface area contributed by atoms with Gasteiger partial charge in [0.15, 0.2) is 12.1 Å². The number of unbranched alkanes of at least 4 members (excludes halogenated alkanes) is 4. The van der Waals surface area contributed by atoms with Crippen LogP contribution in [0.4, 0.5) is 0 Å². The third-order valence-electron chi connectivity index (χ3n) is 7.37. The molecule has 8 heteroatoms. The highest BCUT2D eigenvalue weighted by molar-refractivity contribution is 5.72. The molecular weight excluding hydrogens is 606 g/mol. The summed E-state index contributed by atoms with van der Waals surface area (Å²) in [7, 11) is 5.46. The van der Waals surface area contributed by atoms with E-state index in [0.29, 0.717) is 19.3 Å². The average molecular weight is 673 g/mol. The molecule has 2 atom stereocenters. The fourth-order valence-corrected chi connectivity index (χ4v) is 4.57. The van der Waals surface area contributed by atoms with Crippen LogP contribution in [0.3, 0.4) is 0 Å². The minimum absolute atomic E-state index is 0.0157. The predicted molar refractivity (Wildman–Crippen MR) is 197 cm³/mol. The van der Waals surface area contributed by atoms with Gasteiger partial charge in [0.05, 0.1) is 34.4 Å². The van der Waals surface area contributed by atoms with Crippen molar-refractivity contribution in [2.75, 3.05) is 41.0 Å². The maximum atomic E-state index is 12.6. The largest absolute Gasteiger partial charge is 0.477 e. The lowest BCUT2D eigenvalue weighted by atomic mass is 10.1. The average Bonchev–Trinajstić information content (AvgIpc) is 3.03. The summed E-state index contributed by atoms with van der Waals surface area (Å²) >= 11 is 0. The number of allylic oxidation sites excluding steroid dienone is 12. The monoisotopic (exact) mass is 672 g/mol. The van der Waals surface area contributed by atoms with Crippen molar-refractivity contribution in [3.63, 3.8) is 0 Å². The molecule has 2 unspecified atom stereocenters. The molecule has 0 spiro atoms. The minimum atomic E-state index is -0.895. The van der Waals surface area contributed by atoms with E-state index < -0.39 is 24.1 Å². The van der Waals surface area contributed by atoms with E-state index in [1.165, 1.54) is 19.3 Å². The van der Waals surface area contributed by atoms with E-state index in [1.807, 2.05) is 39.4 Å². The molecule has 0 amide bonds. The van der Waals surface area contributed by atoms with E-state index >= 15 is 0 Å². The Hall–Kier alpha value is -3.23. The van der Waals surface area contributed by atoms with Crippen molar-refractivity contribution >= 4 is 17.9 Å². The summed E-state index contributed by atoms with van der Waals surface area (Å²) in [6, 6.07) is -0.632. The number of carboxylic acids is 1. The van der Waals surface area contributed by atoms with Crippen molar-refractivity contribution in [1.29, 1.82) is 0 Å². The summed E-state index contributed by atoms with van der Waals surface area (Å²) in [4.78, 5) is 36.6. The lowest BCUT2D eigenvalue weighted by Gasteiger charge is -2.31. The molecule has 0 aromatic rings. The van der Waals surface area contributed by atoms with Crippen LogP contribution in [0.5, 0.6) is 0 Å². The van der Waals surface area contributed by atoms with Crippen molar-refractivity contribution in [1.82, 2.24) is 0 Å². The SMILES string of the molecule is CC/C=C/C/C=C/C/C=C/C/C=C/C/C=C/CCC(=O)OC(COCCC(C(=O)O)[N+](C)(C)C)COC(=O)CC/C=C/CCCCCC. The molecule has 0 saturated heterocycles. The van der Waals surface area contributed by atoms with Crippen LogP contribution >= 0.6 is 0 Å². The highest BCUT2D eigenvalue weighted by atomic mass is 16.6. The Labute approximate surface area is 291 Å². The van der Waals surface area contributed by atoms with Crippen LogP contribution in [0.2, 0.25) is 0 Å². The first kappa shape index (κ1) is 44.8. The fraction of sp³-hybridized carbons (Fsp3) is 0.625. The molecule has 0 aromatic heterocycles. The number of nitrogens with zero attached hydrogens (tertiary/aromatic N) is 1. The zero-order valence-corrected chi connectivity index (χ0v) is 30.7. The van der Waals surface area contributed by atoms with Gasteiger partial charge >= 0.3 is 17.9 Å². The second kappa shape index (κ2) is 31.1. The Kier molecular flexibility index (Phi) is 29.0. The third kappa shape index (κ3) is 29.0. The van der Waals surface area contributed by atoms with Gasteiger partial charge in [-0.1, -0.05) is 106 Å². The van der Waals surface area contributed by atoms with E-state index in [2.05, 4.69) is 68.5 Å². The van der Waals surface area contributed by atoms with E-state index in [4.69, 9.17) is 14.2 Å². The van der Waals surface area contributed by atoms with E-state index in [0.717, 1.165) is 44.9 Å². The van der Waals surface area contributed by atoms with Crippen LogP contribution in [0.1, 0.15) is 110 Å². The number of hydrogen-bond donors (Lipinski definition) is 1. The van der Waals surface area contributed by atoms with Gasteiger partial charge in [0, 0.05) is 19.3 Å². The highest BCUT2D eigenvalue weighted by Gasteiger charge is 2.31. The number of ether oxygens (including phenoxy) is 3. The molecule has 48 heavy (non-hydrogen) atoms. The van der Waals surface area contributed by atoms with Crippen LogP contribution < -0.4 is 0 Å². The molecule has 272 valence electrons. The number of esters is 2. The lowest BCUT2D eigenvalue weighted by Crippen LogP contribution is -2.50. The number of likely N-dealkylation sites (N-methyl/N-ethyl adjacent to an activating group) is 1. The second-order valence-corrected chi connectivity index (χ2v) is 12.7. The van der Waals surface area contributed by atoms with Gasteiger partial charge in [-0.15, -0.1) is 0 Å². The standard InChI is InChI=1S/C40H65NO7/c1-6-8-10-12-14-16-17-18-19-20-21-22-23-25-27-29-31-39(43)48-36(34-46-33-32-37(40(44)45)41(3,4)5)35-47-38(42)30-28-26-24-15-13-11-9-7-2/h8,10,14,16,18-19,21-22,24-27,36-37H,6-7,9,11-13,15,17,20,23,28-35H2,1-5H3/p+1/b10-8+,16-14+,19-18+,22-21+,26-24+,27-25+. The van der Waals surface area contributed by atoms with Crippen molar-refractivity contribution in [3.05, 3.63) is 72.9 Å². The molecule has 0 fully saturated rings. The Balaban J connectivity index is 4.62. The zero-order valence-electron chi connectivity index (χ0n) is 30.7. The Bertz CT molecular complexity index is 1020. The molecule has 1 N–H and O–H groups in total. The Morgan fingerprint density at radius 3 is 1.71 bits per heavy atom. The van der Waals surface area contributed by atoms with Crippen molar-refractivity contribution in [2.24, 2.45) is 0 Å². The van der Waals surface area contributed by atoms with Crippen molar-refractivity contribution in [3.8, 4) is 0 Å². The first-order valence-electron chi connectivity index (χ1n) is 18.0. The summed E-state index contributed by atoms with van der Waals surface area (Å²) in [6.07, 6.45) is 37.0. The summed E-state index contributed by atoms with van der Waals surface area (Å²) < 4.78 is 17.0. The molecule has 0 saturated carbocycles. The van der Waals surface area contributed by atoms with Crippen LogP contribution in [-0.2, 0) is 28.6 Å². The predicted octanol–water partition coefficient (Wildman–Crippen LogP) is 8.85. The third-order valence-corrected chi connectivity index (χ3v) is 7.37. The molecule has 0 aromatic carbocycles. The molecule has 0 bridgehead atoms. The maximum Gasteiger partial charge on any atom is 0.362 e. The number of carbonyl (C=O) groups excluding carboxylic acids is 2. The number of quaternary nitrogens is 1. The molecule has 0 aliphatic heterocycles. The maximum absolute atomic E-state index is 12.6. The quantitative estimate of drug-likeness (QED) is 0.0352. The minimum Gasteiger partial charge on any atom is -0.477 e. The van der Waals surface area contributed by atoms with E-state index in [9.17, 15) is 19.5 Å². The smallest absolute Gasteiger partial charge is 0.362 e. The molecular formula is C40H66NO7+. The number of rotatable bonds is 30. The summed E-state index contributed by atoms with van der Waals surface area (Å²) in [5.41, 5.74) is 0. The molecule has 0 aliphatic carbocycles. The van der Waals surface area contributed by atoms with Crippen LogP contribution in [0, 0.1) is 0 Å². The molecule has 0 rings (SSSR count). The highest BCUT2D eigenvalue weighted by Crippen LogP contribution is 2.10. The zero-order chi connectivity index (χ0) is 35.7. The molecule has 0 heterocycles. The Morgan fingerprint density at radius 2 is 1.17 bits per heavy atom. The Morgan fingerprint density at radius 1 is 0.646 bits per heavy atom. The van der Waals surface area contributed by atoms with E-state index in [1.54, 1.807) is 0 Å². The number of carboxylic acid groups (broad SMARTS) is 1. The molecule has 0 aliphatic rings. The second-order valence-electron chi connectivity index (χ2n) is 12.7. The summed E-state index contributed by atoms with van der Waals surface area (Å²) in [5, 5.41) is 9.55. The van der Waals surface area contributed by atoms with Gasteiger partial charge in [0.1, 0.15) is 6.61 Å². The normalized spacial score (nSPS) is 13.9. The van der Waals surface area contributed by atoms with Crippen molar-refractivity contribution < 1.29 is 38.2 Å². The topological polar surface area (TPSA) is 99.1 Å². The van der Waals surface area contributed by atoms with Gasteiger partial charge in [-0.3, -0.25) is 9.59 Å². The van der Waals surface area contributed by atoms with Crippen molar-refractivity contribution in [2.45, 2.75) is 122 Å². The van der Waals surface area contributed by atoms with Gasteiger partial charge < -0.3 is 23.8 Å². The molecule has 0 radical (unpaired) electrons. The summed E-state index contributed by atoms with van der Waals surface area (Å²) in [5.74, 6) is -1.66. The van der Waals surface area contributed by atoms with Crippen LogP contribution in [0.25, 0.3) is 0 Å². The fourth-order valence-electron chi connectivity index (χ4n) is 4.57. The summed E-state index contributed by atoms with van der Waals surface area (Å²) in [6.45, 7) is 4.41. The van der Waals surface area contributed by atoms with Gasteiger partial charge in [0.25, 0.3) is 0 Å². The number of hydrogen-bond acceptors (Lipinski definition) is 6. The lowest BCUT2D eigenvalue weighted by molar-refractivity contribution is -0.887. The van der Waals surface area contributed by atoms with E-state index in [-0.39, 0.29) is 43.1 Å². The first-order chi connectivity index (χ1) is 23.1. The van der Waals surface area contributed by atoms with Crippen LogP contribution in [0.15, 0.2) is 72.9 Å². The van der Waals surface area contributed by atoms with Gasteiger partial charge in [-0.05, 0) is 57.8 Å². The van der Waals surface area contributed by atoms with Gasteiger partial charge in [-0.2, -0.15) is 0 Å². The number of carbonyl (C=O) groups is 3. The number of aliphatic carboxylic acids is 1. The first-order valence-corrected chi connectivity index (χ1v) is 18.0. The molecule has 8 nitrogen and oxygen atoms in total. The van der Waals surface area contributed by atoms with Gasteiger partial charge in [-0.25, -0.2) is 4.79 Å². The van der Waals surface area contributed by atoms with Crippen LogP contribution in [-0.4, -0.2) is 80.6 Å².